The second-order valence-corrected chi connectivity index (χ2v) is 8.56. The van der Waals surface area contributed by atoms with Crippen LogP contribution in [0.25, 0.3) is 0 Å². The zero-order chi connectivity index (χ0) is 18.3. The third-order valence-electron chi connectivity index (χ3n) is 2.88. The van der Waals surface area contributed by atoms with E-state index in [1.807, 2.05) is 18.2 Å². The highest BCUT2D eigenvalue weighted by Gasteiger charge is 2.29. The number of pyridine rings is 1. The number of rotatable bonds is 8. The predicted octanol–water partition coefficient (Wildman–Crippen LogP) is 3.69. The van der Waals surface area contributed by atoms with Crippen molar-refractivity contribution in [2.45, 2.75) is 32.9 Å². The molecule has 1 unspecified atom stereocenters. The molecule has 2 aromatic rings. The Morgan fingerprint density at radius 2 is 1.76 bits per heavy atom. The zero-order valence-corrected chi connectivity index (χ0v) is 16.0. The van der Waals surface area contributed by atoms with Crippen LogP contribution in [0.2, 0.25) is 0 Å². The molecule has 1 aromatic heterocycles. The van der Waals surface area contributed by atoms with Crippen LogP contribution in [-0.2, 0) is 21.3 Å². The van der Waals surface area contributed by atoms with Gasteiger partial charge in [-0.25, -0.2) is 10.1 Å². The normalized spacial score (nSPS) is 14.4. The molecule has 0 saturated carbocycles. The number of ether oxygens (including phenoxy) is 1. The molecule has 1 heterocycles. The standard InChI is InChI=1S/C17H21N2O4PS/c1-13(2)21-17(20)14(3)19-24(25,22-15-9-5-4-6-10-15)23-16-11-7-8-12-18-16/h4-14H,1-3H3,(H,19,25)/t14-,24?/m0/s1. The van der Waals surface area contributed by atoms with Gasteiger partial charge in [-0.05, 0) is 39.0 Å². The van der Waals surface area contributed by atoms with Gasteiger partial charge in [0.05, 0.1) is 6.10 Å². The minimum atomic E-state index is -3.10. The minimum Gasteiger partial charge on any atom is -0.462 e. The van der Waals surface area contributed by atoms with E-state index in [0.717, 1.165) is 0 Å². The minimum absolute atomic E-state index is 0.221. The van der Waals surface area contributed by atoms with E-state index in [4.69, 9.17) is 25.6 Å². The third kappa shape index (κ3) is 6.46. The molecule has 0 saturated heterocycles. The fourth-order valence-electron chi connectivity index (χ4n) is 1.84. The largest absolute Gasteiger partial charge is 0.462 e. The lowest BCUT2D eigenvalue weighted by atomic mass is 10.3. The van der Waals surface area contributed by atoms with Crippen molar-refractivity contribution < 1.29 is 18.6 Å². The highest BCUT2D eigenvalue weighted by molar-refractivity contribution is 8.09. The van der Waals surface area contributed by atoms with Crippen LogP contribution in [0.3, 0.4) is 0 Å². The van der Waals surface area contributed by atoms with Gasteiger partial charge in [0.2, 0.25) is 5.88 Å². The van der Waals surface area contributed by atoms with Crippen LogP contribution in [0, 0.1) is 0 Å². The number of hydrogen-bond donors (Lipinski definition) is 1. The van der Waals surface area contributed by atoms with Crippen molar-refractivity contribution in [3.05, 3.63) is 54.7 Å². The van der Waals surface area contributed by atoms with Gasteiger partial charge >= 0.3 is 12.6 Å². The summed E-state index contributed by atoms with van der Waals surface area (Å²) >= 11 is 5.58. The first-order valence-electron chi connectivity index (χ1n) is 7.81. The maximum atomic E-state index is 12.1. The molecule has 0 spiro atoms. The number of esters is 1. The number of para-hydroxylation sites is 1. The summed E-state index contributed by atoms with van der Waals surface area (Å²) < 4.78 is 16.9. The molecule has 0 aliphatic rings. The number of nitrogens with one attached hydrogen (secondary N) is 1. The van der Waals surface area contributed by atoms with E-state index in [-0.39, 0.29) is 6.10 Å². The Bertz CT molecular complexity index is 682. The second-order valence-electron chi connectivity index (χ2n) is 5.50. The second kappa shape index (κ2) is 8.94. The summed E-state index contributed by atoms with van der Waals surface area (Å²) in [5.41, 5.74) is 0. The molecule has 1 N–H and O–H groups in total. The van der Waals surface area contributed by atoms with Gasteiger partial charge in [0.25, 0.3) is 0 Å². The van der Waals surface area contributed by atoms with Crippen molar-refractivity contribution in [3.8, 4) is 11.6 Å². The molecule has 0 bridgehead atoms. The molecular weight excluding hydrogens is 359 g/mol. The van der Waals surface area contributed by atoms with Crippen molar-refractivity contribution in [3.63, 3.8) is 0 Å². The van der Waals surface area contributed by atoms with Crippen LogP contribution in [0.1, 0.15) is 20.8 Å². The van der Waals surface area contributed by atoms with Gasteiger partial charge in [-0.2, -0.15) is 0 Å². The average molecular weight is 380 g/mol. The number of carbonyl (C=O) groups is 1. The summed E-state index contributed by atoms with van der Waals surface area (Å²) in [6.07, 6.45) is 1.37. The first-order valence-corrected chi connectivity index (χ1v) is 10.5. The molecule has 2 rings (SSSR count). The number of benzene rings is 1. The highest BCUT2D eigenvalue weighted by Crippen LogP contribution is 2.45. The Kier molecular flexibility index (Phi) is 6.93. The SMILES string of the molecule is CC(C)OC(=O)[C@H](C)NP(=S)(Oc1ccccc1)Oc1ccccn1. The Morgan fingerprint density at radius 3 is 2.36 bits per heavy atom. The molecule has 6 nitrogen and oxygen atoms in total. The van der Waals surface area contributed by atoms with Gasteiger partial charge in [0, 0.05) is 24.1 Å². The van der Waals surface area contributed by atoms with Crippen LogP contribution < -0.4 is 14.1 Å². The Balaban J connectivity index is 2.19. The Hall–Kier alpha value is -1.95. The monoisotopic (exact) mass is 380 g/mol. The Morgan fingerprint density at radius 1 is 1.08 bits per heavy atom. The van der Waals surface area contributed by atoms with Gasteiger partial charge < -0.3 is 13.8 Å². The lowest BCUT2D eigenvalue weighted by molar-refractivity contribution is -0.149. The summed E-state index contributed by atoms with van der Waals surface area (Å²) in [5.74, 6) is 0.433. The van der Waals surface area contributed by atoms with Crippen molar-refractivity contribution in [1.29, 1.82) is 0 Å². The van der Waals surface area contributed by atoms with E-state index >= 15 is 0 Å². The van der Waals surface area contributed by atoms with Crippen molar-refractivity contribution in [2.24, 2.45) is 0 Å². The van der Waals surface area contributed by atoms with Crippen LogP contribution in [0.15, 0.2) is 54.7 Å². The number of aromatic nitrogens is 1. The fraction of sp³-hybridized carbons (Fsp3) is 0.294. The predicted molar refractivity (Wildman–Crippen MR) is 100 cm³/mol. The Labute approximate surface area is 152 Å². The molecule has 0 aliphatic carbocycles. The van der Waals surface area contributed by atoms with Gasteiger partial charge in [-0.15, -0.1) is 0 Å². The molecule has 0 fully saturated rings. The van der Waals surface area contributed by atoms with Gasteiger partial charge in [0.15, 0.2) is 0 Å². The highest BCUT2D eigenvalue weighted by atomic mass is 32.5. The average Bonchev–Trinajstić information content (AvgIpc) is 2.55. The fourth-order valence-corrected chi connectivity index (χ4v) is 4.28. The summed E-state index contributed by atoms with van der Waals surface area (Å²) in [4.78, 5) is 16.2. The summed E-state index contributed by atoms with van der Waals surface area (Å²) in [7, 11) is 0. The number of nitrogens with zero attached hydrogens (tertiary/aromatic N) is 1. The van der Waals surface area contributed by atoms with E-state index in [0.29, 0.717) is 11.6 Å². The first-order chi connectivity index (χ1) is 11.9. The quantitative estimate of drug-likeness (QED) is 0.553. The van der Waals surface area contributed by atoms with E-state index < -0.39 is 18.7 Å². The molecule has 1 aromatic carbocycles. The molecule has 134 valence electrons. The third-order valence-corrected chi connectivity index (χ3v) is 5.22. The van der Waals surface area contributed by atoms with Crippen LogP contribution in [-0.4, -0.2) is 23.1 Å². The smallest absolute Gasteiger partial charge is 0.367 e. The van der Waals surface area contributed by atoms with Gasteiger partial charge in [0.1, 0.15) is 11.8 Å². The molecule has 0 radical (unpaired) electrons. The van der Waals surface area contributed by atoms with Crippen LogP contribution in [0.4, 0.5) is 0 Å². The van der Waals surface area contributed by atoms with Gasteiger partial charge in [-0.3, -0.25) is 4.79 Å². The van der Waals surface area contributed by atoms with E-state index in [1.165, 1.54) is 0 Å². The van der Waals surface area contributed by atoms with Crippen LogP contribution >= 0.6 is 6.64 Å². The molecule has 2 atom stereocenters. The molecule has 0 aliphatic heterocycles. The number of carbonyl (C=O) groups excluding carboxylic acids is 1. The molecular formula is C17H21N2O4PS. The molecule has 0 amide bonds. The van der Waals surface area contributed by atoms with Crippen molar-refractivity contribution in [1.82, 2.24) is 10.1 Å². The van der Waals surface area contributed by atoms with Crippen molar-refractivity contribution in [2.75, 3.05) is 0 Å². The molecule has 25 heavy (non-hydrogen) atoms. The van der Waals surface area contributed by atoms with Crippen molar-refractivity contribution >= 4 is 24.4 Å². The summed E-state index contributed by atoms with van der Waals surface area (Å²) in [5, 5.41) is 2.96. The van der Waals surface area contributed by atoms with E-state index in [1.54, 1.807) is 57.3 Å². The summed E-state index contributed by atoms with van der Waals surface area (Å²) in [6, 6.07) is 13.6. The lowest BCUT2D eigenvalue weighted by Crippen LogP contribution is -2.36. The zero-order valence-electron chi connectivity index (χ0n) is 14.3. The van der Waals surface area contributed by atoms with Gasteiger partial charge in [-0.1, -0.05) is 24.3 Å². The number of hydrogen-bond acceptors (Lipinski definition) is 6. The maximum absolute atomic E-state index is 12.1. The topological polar surface area (TPSA) is 69.7 Å². The van der Waals surface area contributed by atoms with E-state index in [9.17, 15) is 4.79 Å². The lowest BCUT2D eigenvalue weighted by Gasteiger charge is -2.26. The maximum Gasteiger partial charge on any atom is 0.367 e. The molecule has 8 heteroatoms. The first kappa shape index (κ1) is 19.4. The van der Waals surface area contributed by atoms with E-state index in [2.05, 4.69) is 10.1 Å². The van der Waals surface area contributed by atoms with Crippen LogP contribution in [0.5, 0.6) is 11.6 Å². The summed E-state index contributed by atoms with van der Waals surface area (Å²) in [6.45, 7) is 2.12.